The highest BCUT2D eigenvalue weighted by Crippen LogP contribution is 2.18. The Balaban J connectivity index is 0.000000845. The summed E-state index contributed by atoms with van der Waals surface area (Å²) >= 11 is 0. The van der Waals surface area contributed by atoms with Crippen molar-refractivity contribution in [1.29, 1.82) is 0 Å². The molecule has 2 rings (SSSR count). The molecule has 0 saturated heterocycles. The van der Waals surface area contributed by atoms with Gasteiger partial charge in [0.1, 0.15) is 0 Å². The first-order chi connectivity index (χ1) is 5.77. The average molecular weight is 195 g/mol. The van der Waals surface area contributed by atoms with E-state index in [4.69, 9.17) is 0 Å². The fourth-order valence-electron chi connectivity index (χ4n) is 1.82. The SMILES string of the molecule is CC1=NC(C)Cc2ccccc21.[Cl-]. The normalized spacial score (nSPS) is 19.8. The van der Waals surface area contributed by atoms with Crippen molar-refractivity contribution in [1.82, 2.24) is 0 Å². The van der Waals surface area contributed by atoms with Gasteiger partial charge in [-0.3, -0.25) is 4.99 Å². The Labute approximate surface area is 85.3 Å². The molecule has 13 heavy (non-hydrogen) atoms. The first kappa shape index (κ1) is 10.3. The lowest BCUT2D eigenvalue weighted by Gasteiger charge is -2.18. The maximum Gasteiger partial charge on any atom is 0.0515 e. The summed E-state index contributed by atoms with van der Waals surface area (Å²) in [5.41, 5.74) is 3.96. The van der Waals surface area contributed by atoms with E-state index >= 15 is 0 Å². The van der Waals surface area contributed by atoms with Gasteiger partial charge in [0, 0.05) is 5.71 Å². The number of hydrogen-bond donors (Lipinski definition) is 0. The topological polar surface area (TPSA) is 12.4 Å². The van der Waals surface area contributed by atoms with Crippen molar-refractivity contribution in [2.24, 2.45) is 4.99 Å². The lowest BCUT2D eigenvalue weighted by molar-refractivity contribution is -0.00000272. The van der Waals surface area contributed by atoms with Crippen LogP contribution in [0.1, 0.15) is 25.0 Å². The number of benzene rings is 1. The maximum atomic E-state index is 4.54. The van der Waals surface area contributed by atoms with Gasteiger partial charge in [0.05, 0.1) is 6.04 Å². The quantitative estimate of drug-likeness (QED) is 0.526. The average Bonchev–Trinajstić information content (AvgIpc) is 2.04. The van der Waals surface area contributed by atoms with Gasteiger partial charge >= 0.3 is 0 Å². The lowest BCUT2D eigenvalue weighted by atomic mass is 9.95. The third-order valence-corrected chi connectivity index (χ3v) is 2.34. The summed E-state index contributed by atoms with van der Waals surface area (Å²) in [5, 5.41) is 0. The van der Waals surface area contributed by atoms with Crippen molar-refractivity contribution in [2.45, 2.75) is 26.3 Å². The van der Waals surface area contributed by atoms with Crippen LogP contribution in [0.3, 0.4) is 0 Å². The van der Waals surface area contributed by atoms with Crippen LogP contribution in [0, 0.1) is 0 Å². The molecule has 2 heteroatoms. The number of hydrogen-bond acceptors (Lipinski definition) is 1. The molecule has 70 valence electrons. The van der Waals surface area contributed by atoms with Crippen LogP contribution in [-0.4, -0.2) is 11.8 Å². The molecule has 0 spiro atoms. The van der Waals surface area contributed by atoms with Crippen LogP contribution in [-0.2, 0) is 6.42 Å². The maximum absolute atomic E-state index is 4.54. The van der Waals surface area contributed by atoms with Gasteiger partial charge in [0.2, 0.25) is 0 Å². The van der Waals surface area contributed by atoms with E-state index in [1.807, 2.05) is 0 Å². The van der Waals surface area contributed by atoms with E-state index < -0.39 is 0 Å². The fraction of sp³-hybridized carbons (Fsp3) is 0.364. The summed E-state index contributed by atoms with van der Waals surface area (Å²) in [5.74, 6) is 0. The molecule has 1 aromatic carbocycles. The van der Waals surface area contributed by atoms with E-state index in [-0.39, 0.29) is 12.4 Å². The summed E-state index contributed by atoms with van der Waals surface area (Å²) < 4.78 is 0. The zero-order valence-corrected chi connectivity index (χ0v) is 8.67. The van der Waals surface area contributed by atoms with Crippen LogP contribution < -0.4 is 12.4 Å². The van der Waals surface area contributed by atoms with Gasteiger partial charge in [0.15, 0.2) is 0 Å². The first-order valence-electron chi connectivity index (χ1n) is 4.40. The molecule has 0 aliphatic carbocycles. The molecule has 0 aromatic heterocycles. The van der Waals surface area contributed by atoms with Crippen molar-refractivity contribution >= 4 is 5.71 Å². The Morgan fingerprint density at radius 1 is 1.31 bits per heavy atom. The number of nitrogens with zero attached hydrogens (tertiary/aromatic N) is 1. The van der Waals surface area contributed by atoms with E-state index in [9.17, 15) is 0 Å². The minimum absolute atomic E-state index is 0. The van der Waals surface area contributed by atoms with Gasteiger partial charge < -0.3 is 12.4 Å². The van der Waals surface area contributed by atoms with Crippen molar-refractivity contribution in [3.05, 3.63) is 35.4 Å². The standard InChI is InChI=1S/C11H13N.ClH/c1-8-7-10-5-3-4-6-11(10)9(2)12-8;/h3-6,8H,7H2,1-2H3;1H/p-1. The van der Waals surface area contributed by atoms with E-state index in [0.29, 0.717) is 6.04 Å². The summed E-state index contributed by atoms with van der Waals surface area (Å²) in [7, 11) is 0. The fourth-order valence-corrected chi connectivity index (χ4v) is 1.82. The lowest BCUT2D eigenvalue weighted by Crippen LogP contribution is -3.00. The molecule has 1 heterocycles. The van der Waals surface area contributed by atoms with Crippen molar-refractivity contribution < 1.29 is 12.4 Å². The van der Waals surface area contributed by atoms with Gasteiger partial charge in [-0.05, 0) is 31.4 Å². The van der Waals surface area contributed by atoms with Crippen molar-refractivity contribution in [2.75, 3.05) is 0 Å². The monoisotopic (exact) mass is 194 g/mol. The molecule has 1 nitrogen and oxygen atoms in total. The van der Waals surface area contributed by atoms with Gasteiger partial charge in [-0.1, -0.05) is 24.3 Å². The molecule has 0 saturated carbocycles. The van der Waals surface area contributed by atoms with Crippen LogP contribution in [0.4, 0.5) is 0 Å². The molecule has 1 aromatic rings. The Kier molecular flexibility index (Phi) is 3.10. The number of aliphatic imine (C=N–C) groups is 1. The summed E-state index contributed by atoms with van der Waals surface area (Å²) in [6.45, 7) is 4.26. The molecule has 1 aliphatic heterocycles. The molecular weight excluding hydrogens is 182 g/mol. The summed E-state index contributed by atoms with van der Waals surface area (Å²) in [4.78, 5) is 4.54. The van der Waals surface area contributed by atoms with Gasteiger partial charge in [-0.15, -0.1) is 0 Å². The minimum Gasteiger partial charge on any atom is -1.00 e. The summed E-state index contributed by atoms with van der Waals surface area (Å²) in [6.07, 6.45) is 1.09. The molecule has 1 aliphatic rings. The van der Waals surface area contributed by atoms with Gasteiger partial charge in [-0.2, -0.15) is 0 Å². The third-order valence-electron chi connectivity index (χ3n) is 2.34. The van der Waals surface area contributed by atoms with Gasteiger partial charge in [0.25, 0.3) is 0 Å². The van der Waals surface area contributed by atoms with E-state index in [0.717, 1.165) is 6.42 Å². The van der Waals surface area contributed by atoms with E-state index in [2.05, 4.69) is 43.1 Å². The molecule has 1 unspecified atom stereocenters. The van der Waals surface area contributed by atoms with Crippen molar-refractivity contribution in [3.63, 3.8) is 0 Å². The number of halogens is 1. The molecule has 1 atom stereocenters. The smallest absolute Gasteiger partial charge is 0.0515 e. The molecular formula is C11H13ClN-. The molecule has 0 amide bonds. The predicted molar refractivity (Wildman–Crippen MR) is 51.8 cm³/mol. The highest BCUT2D eigenvalue weighted by atomic mass is 35.5. The zero-order valence-electron chi connectivity index (χ0n) is 7.92. The highest BCUT2D eigenvalue weighted by Gasteiger charge is 2.13. The molecule has 0 fully saturated rings. The molecule has 0 bridgehead atoms. The van der Waals surface area contributed by atoms with E-state index in [1.54, 1.807) is 0 Å². The number of rotatable bonds is 0. The van der Waals surface area contributed by atoms with Crippen LogP contribution in [0.25, 0.3) is 0 Å². The molecule has 0 radical (unpaired) electrons. The second-order valence-corrected chi connectivity index (χ2v) is 3.42. The largest absolute Gasteiger partial charge is 1.00 e. The first-order valence-corrected chi connectivity index (χ1v) is 4.40. The third kappa shape index (κ3) is 1.92. The van der Waals surface area contributed by atoms with Crippen LogP contribution in [0.15, 0.2) is 29.3 Å². The molecule has 0 N–H and O–H groups in total. The zero-order chi connectivity index (χ0) is 8.55. The van der Waals surface area contributed by atoms with Crippen LogP contribution >= 0.6 is 0 Å². The minimum atomic E-state index is 0. The number of fused-ring (bicyclic) bond motifs is 1. The Hall–Kier alpha value is -0.820. The highest BCUT2D eigenvalue weighted by molar-refractivity contribution is 6.00. The Morgan fingerprint density at radius 2 is 2.00 bits per heavy atom. The predicted octanol–water partition coefficient (Wildman–Crippen LogP) is -0.556. The van der Waals surface area contributed by atoms with Crippen LogP contribution in [0.2, 0.25) is 0 Å². The second-order valence-electron chi connectivity index (χ2n) is 3.42. The second kappa shape index (κ2) is 3.93. The van der Waals surface area contributed by atoms with Gasteiger partial charge in [-0.25, -0.2) is 0 Å². The van der Waals surface area contributed by atoms with Crippen LogP contribution in [0.5, 0.6) is 0 Å². The van der Waals surface area contributed by atoms with E-state index in [1.165, 1.54) is 16.8 Å². The Bertz CT molecular complexity index is 331. The summed E-state index contributed by atoms with van der Waals surface area (Å²) in [6, 6.07) is 8.99. The van der Waals surface area contributed by atoms with Crippen molar-refractivity contribution in [3.8, 4) is 0 Å². The Morgan fingerprint density at radius 3 is 2.77 bits per heavy atom.